The Bertz CT molecular complexity index is 845. The lowest BCUT2D eigenvalue weighted by Crippen LogP contribution is -2.41. The van der Waals surface area contributed by atoms with Gasteiger partial charge < -0.3 is 9.15 Å². The number of nitrogens with one attached hydrogen (secondary N) is 2. The van der Waals surface area contributed by atoms with E-state index in [1.54, 1.807) is 6.07 Å². The van der Waals surface area contributed by atoms with E-state index < -0.39 is 5.91 Å². The lowest BCUT2D eigenvalue weighted by molar-refractivity contribution is -0.122. The zero-order valence-corrected chi connectivity index (χ0v) is 13.8. The molecule has 0 aliphatic heterocycles. The van der Waals surface area contributed by atoms with Gasteiger partial charge in [-0.25, -0.2) is 4.98 Å². The van der Waals surface area contributed by atoms with Gasteiger partial charge >= 0.3 is 5.91 Å². The lowest BCUT2D eigenvalue weighted by atomic mass is 10.3. The summed E-state index contributed by atoms with van der Waals surface area (Å²) in [7, 11) is 0. The molecule has 0 bridgehead atoms. The van der Waals surface area contributed by atoms with Crippen LogP contribution in [0.2, 0.25) is 0 Å². The number of carbonyl (C=O) groups is 2. The van der Waals surface area contributed by atoms with Gasteiger partial charge in [-0.1, -0.05) is 18.2 Å². The highest BCUT2D eigenvalue weighted by atomic mass is 16.5. The molecule has 0 unspecified atom stereocenters. The number of hydrogen-bond donors (Lipinski definition) is 2. The third kappa shape index (κ3) is 4.94. The molecule has 1 aromatic carbocycles. The van der Waals surface area contributed by atoms with Crippen LogP contribution in [0.1, 0.15) is 22.7 Å². The summed E-state index contributed by atoms with van der Waals surface area (Å²) in [6.07, 6.45) is 3.04. The quantitative estimate of drug-likeness (QED) is 0.618. The molecule has 3 aromatic rings. The molecule has 2 amide bonds. The number of nitrogens with zero attached hydrogens (tertiary/aromatic N) is 3. The molecule has 0 saturated heterocycles. The van der Waals surface area contributed by atoms with Gasteiger partial charge in [0.25, 0.3) is 0 Å². The Hall–Kier alpha value is -3.62. The summed E-state index contributed by atoms with van der Waals surface area (Å²) in [6.45, 7) is 0.561. The van der Waals surface area contributed by atoms with Crippen LogP contribution in [0, 0.1) is 0 Å². The molecule has 9 heteroatoms. The SMILES string of the molecule is O=C(CCn1cncn1)NNC(=O)c1ccc(COc2ccccc2)o1. The van der Waals surface area contributed by atoms with Crippen LogP contribution in [0.5, 0.6) is 5.75 Å². The van der Waals surface area contributed by atoms with Crippen molar-refractivity contribution in [2.75, 3.05) is 0 Å². The number of amides is 2. The molecule has 0 aliphatic rings. The molecular formula is C17H17N5O4. The van der Waals surface area contributed by atoms with Crippen LogP contribution in [0.25, 0.3) is 0 Å². The number of para-hydroxylation sites is 1. The molecule has 0 spiro atoms. The number of hydrazine groups is 1. The maximum absolute atomic E-state index is 12.0. The van der Waals surface area contributed by atoms with E-state index in [4.69, 9.17) is 9.15 Å². The molecule has 3 rings (SSSR count). The number of aryl methyl sites for hydroxylation is 1. The largest absolute Gasteiger partial charge is 0.486 e. The minimum atomic E-state index is -0.551. The minimum Gasteiger partial charge on any atom is -0.486 e. The second-order valence-electron chi connectivity index (χ2n) is 5.28. The standard InChI is InChI=1S/C17H17N5O4/c23-16(8-9-22-12-18-11-19-22)20-21-17(24)15-7-6-14(26-15)10-25-13-4-2-1-3-5-13/h1-7,11-12H,8-10H2,(H,20,23)(H,21,24). The van der Waals surface area contributed by atoms with Crippen molar-refractivity contribution in [3.8, 4) is 5.75 Å². The van der Waals surface area contributed by atoms with Crippen molar-refractivity contribution >= 4 is 11.8 Å². The first-order chi connectivity index (χ1) is 12.7. The van der Waals surface area contributed by atoms with Gasteiger partial charge in [-0.15, -0.1) is 0 Å². The van der Waals surface area contributed by atoms with Crippen molar-refractivity contribution < 1.29 is 18.7 Å². The Morgan fingerprint density at radius 2 is 1.96 bits per heavy atom. The first kappa shape index (κ1) is 17.2. The number of rotatable bonds is 7. The summed E-state index contributed by atoms with van der Waals surface area (Å²) in [5, 5.41) is 3.88. The van der Waals surface area contributed by atoms with Crippen LogP contribution in [-0.4, -0.2) is 26.6 Å². The fourth-order valence-corrected chi connectivity index (χ4v) is 2.06. The van der Waals surface area contributed by atoms with Crippen molar-refractivity contribution in [1.29, 1.82) is 0 Å². The lowest BCUT2D eigenvalue weighted by Gasteiger charge is -2.06. The number of furan rings is 1. The van der Waals surface area contributed by atoms with Crippen LogP contribution in [0.15, 0.2) is 59.5 Å². The molecule has 2 heterocycles. The molecule has 9 nitrogen and oxygen atoms in total. The van der Waals surface area contributed by atoms with Gasteiger partial charge in [-0.2, -0.15) is 5.10 Å². The third-order valence-electron chi connectivity index (χ3n) is 3.36. The number of hydrogen-bond acceptors (Lipinski definition) is 6. The van der Waals surface area contributed by atoms with E-state index in [1.165, 1.54) is 23.4 Å². The number of benzene rings is 1. The van der Waals surface area contributed by atoms with Gasteiger partial charge in [0, 0.05) is 6.42 Å². The zero-order chi connectivity index (χ0) is 18.2. The van der Waals surface area contributed by atoms with Gasteiger partial charge in [0.05, 0.1) is 6.54 Å². The normalized spacial score (nSPS) is 10.3. The molecule has 0 saturated carbocycles. The van der Waals surface area contributed by atoms with E-state index in [0.29, 0.717) is 18.1 Å². The first-order valence-electron chi connectivity index (χ1n) is 7.89. The number of ether oxygens (including phenoxy) is 1. The Kier molecular flexibility index (Phi) is 5.61. The summed E-state index contributed by atoms with van der Waals surface area (Å²) in [5.41, 5.74) is 4.62. The van der Waals surface area contributed by atoms with E-state index in [0.717, 1.165) is 0 Å². The maximum Gasteiger partial charge on any atom is 0.305 e. The molecule has 0 fully saturated rings. The minimum absolute atomic E-state index is 0.0771. The monoisotopic (exact) mass is 355 g/mol. The molecule has 2 N–H and O–H groups in total. The van der Waals surface area contributed by atoms with Crippen LogP contribution in [0.3, 0.4) is 0 Å². The average Bonchev–Trinajstić information content (AvgIpc) is 3.35. The van der Waals surface area contributed by atoms with E-state index in [9.17, 15) is 9.59 Å². The molecule has 134 valence electrons. The predicted molar refractivity (Wildman–Crippen MR) is 89.7 cm³/mol. The van der Waals surface area contributed by atoms with Gasteiger partial charge in [-0.3, -0.25) is 25.1 Å². The Balaban J connectivity index is 1.42. The summed E-state index contributed by atoms with van der Waals surface area (Å²) < 4.78 is 12.5. The second-order valence-corrected chi connectivity index (χ2v) is 5.28. The van der Waals surface area contributed by atoms with Crippen LogP contribution < -0.4 is 15.6 Å². The Morgan fingerprint density at radius 1 is 1.12 bits per heavy atom. The topological polar surface area (TPSA) is 111 Å². The van der Waals surface area contributed by atoms with Gasteiger partial charge in [0.2, 0.25) is 5.91 Å². The summed E-state index contributed by atoms with van der Waals surface area (Å²) >= 11 is 0. The zero-order valence-electron chi connectivity index (χ0n) is 13.8. The third-order valence-corrected chi connectivity index (χ3v) is 3.36. The van der Waals surface area contributed by atoms with E-state index in [1.807, 2.05) is 30.3 Å². The van der Waals surface area contributed by atoms with E-state index >= 15 is 0 Å². The van der Waals surface area contributed by atoms with Crippen LogP contribution in [-0.2, 0) is 17.9 Å². The fourth-order valence-electron chi connectivity index (χ4n) is 2.06. The molecule has 0 radical (unpaired) electrons. The highest BCUT2D eigenvalue weighted by Gasteiger charge is 2.12. The van der Waals surface area contributed by atoms with Crippen molar-refractivity contribution in [2.45, 2.75) is 19.6 Å². The van der Waals surface area contributed by atoms with E-state index in [2.05, 4.69) is 20.9 Å². The predicted octanol–water partition coefficient (Wildman–Crippen LogP) is 1.30. The molecule has 0 aliphatic carbocycles. The van der Waals surface area contributed by atoms with Crippen molar-refractivity contribution in [3.63, 3.8) is 0 Å². The first-order valence-corrected chi connectivity index (χ1v) is 7.89. The van der Waals surface area contributed by atoms with Gasteiger partial charge in [-0.05, 0) is 24.3 Å². The van der Waals surface area contributed by atoms with Gasteiger partial charge in [0.1, 0.15) is 30.8 Å². The van der Waals surface area contributed by atoms with E-state index in [-0.39, 0.29) is 24.7 Å². The Morgan fingerprint density at radius 3 is 2.73 bits per heavy atom. The molecule has 2 aromatic heterocycles. The average molecular weight is 355 g/mol. The van der Waals surface area contributed by atoms with Crippen molar-refractivity contribution in [2.24, 2.45) is 0 Å². The summed E-state index contributed by atoms with van der Waals surface area (Å²) in [4.78, 5) is 27.5. The number of aromatic nitrogens is 3. The van der Waals surface area contributed by atoms with Crippen LogP contribution in [0.4, 0.5) is 0 Å². The molecular weight excluding hydrogens is 338 g/mol. The fraction of sp³-hybridized carbons (Fsp3) is 0.176. The van der Waals surface area contributed by atoms with Gasteiger partial charge in [0.15, 0.2) is 5.76 Å². The Labute approximate surface area is 148 Å². The second kappa shape index (κ2) is 8.47. The molecule has 0 atom stereocenters. The highest BCUT2D eigenvalue weighted by molar-refractivity contribution is 5.92. The summed E-state index contributed by atoms with van der Waals surface area (Å²) in [5.74, 6) is 0.373. The molecule has 26 heavy (non-hydrogen) atoms. The van der Waals surface area contributed by atoms with Crippen LogP contribution >= 0.6 is 0 Å². The van der Waals surface area contributed by atoms with Crippen molar-refractivity contribution in [3.05, 3.63) is 66.6 Å². The highest BCUT2D eigenvalue weighted by Crippen LogP contribution is 2.13. The summed E-state index contributed by atoms with van der Waals surface area (Å²) in [6, 6.07) is 12.4. The maximum atomic E-state index is 12.0. The number of carbonyl (C=O) groups excluding carboxylic acids is 2. The van der Waals surface area contributed by atoms with Crippen molar-refractivity contribution in [1.82, 2.24) is 25.6 Å². The smallest absolute Gasteiger partial charge is 0.305 e.